The number of aromatic nitrogens is 2. The zero-order chi connectivity index (χ0) is 16.4. The number of benzene rings is 2. The Balaban J connectivity index is 0.000000140. The molecule has 0 aliphatic rings. The van der Waals surface area contributed by atoms with Gasteiger partial charge in [-0.1, -0.05) is 24.3 Å². The van der Waals surface area contributed by atoms with Crippen LogP contribution >= 0.6 is 0 Å². The second kappa shape index (κ2) is 6.01. The summed E-state index contributed by atoms with van der Waals surface area (Å²) in [4.78, 5) is 7.30. The minimum absolute atomic E-state index is 0.0744. The van der Waals surface area contributed by atoms with Crippen molar-refractivity contribution in [3.8, 4) is 11.5 Å². The van der Waals surface area contributed by atoms with Crippen molar-refractivity contribution in [2.24, 2.45) is 0 Å². The number of phenols is 2. The Morgan fingerprint density at radius 1 is 0.913 bits per heavy atom. The van der Waals surface area contributed by atoms with Crippen molar-refractivity contribution >= 4 is 21.8 Å². The molecule has 4 heteroatoms. The molecule has 4 rings (SSSR count). The first-order valence-corrected chi connectivity index (χ1v) is 7.37. The van der Waals surface area contributed by atoms with Gasteiger partial charge in [0.25, 0.3) is 0 Å². The van der Waals surface area contributed by atoms with E-state index in [0.717, 1.165) is 27.7 Å². The second-order valence-electron chi connectivity index (χ2n) is 5.46. The van der Waals surface area contributed by atoms with Crippen LogP contribution in [0.25, 0.3) is 21.8 Å². The van der Waals surface area contributed by atoms with Crippen molar-refractivity contribution < 1.29 is 10.2 Å². The summed E-state index contributed by atoms with van der Waals surface area (Å²) in [5.41, 5.74) is 4.07. The minimum atomic E-state index is -0.0891. The molecule has 0 amide bonds. The summed E-state index contributed by atoms with van der Waals surface area (Å²) in [5.74, 6) is -0.164. The molecule has 3 N–H and O–H groups in total. The summed E-state index contributed by atoms with van der Waals surface area (Å²) in [7, 11) is 0. The van der Waals surface area contributed by atoms with Gasteiger partial charge in [0.15, 0.2) is 11.5 Å². The van der Waals surface area contributed by atoms with E-state index in [0.29, 0.717) is 0 Å². The molecule has 0 aliphatic carbocycles. The fourth-order valence-electron chi connectivity index (χ4n) is 2.50. The van der Waals surface area contributed by atoms with Gasteiger partial charge in [-0.2, -0.15) is 0 Å². The summed E-state index contributed by atoms with van der Waals surface area (Å²) < 4.78 is 0. The van der Waals surface area contributed by atoms with Crippen molar-refractivity contribution in [2.45, 2.75) is 13.8 Å². The van der Waals surface area contributed by atoms with Gasteiger partial charge in [-0.25, -0.2) is 0 Å². The molecule has 0 fully saturated rings. The van der Waals surface area contributed by atoms with Gasteiger partial charge in [0.1, 0.15) is 0 Å². The molecule has 0 spiro atoms. The van der Waals surface area contributed by atoms with Crippen molar-refractivity contribution in [3.05, 3.63) is 66.0 Å². The molecular formula is C19H18N2O2. The van der Waals surface area contributed by atoms with Crippen LogP contribution in [0.1, 0.15) is 11.3 Å². The topological polar surface area (TPSA) is 69.1 Å². The van der Waals surface area contributed by atoms with Crippen molar-refractivity contribution in [3.63, 3.8) is 0 Å². The summed E-state index contributed by atoms with van der Waals surface area (Å²) in [6.07, 6.45) is 1.81. The number of H-pyrrole nitrogens is 1. The summed E-state index contributed by atoms with van der Waals surface area (Å²) in [6.45, 7) is 3.94. The smallest absolute Gasteiger partial charge is 0.159 e. The molecule has 4 nitrogen and oxygen atoms in total. The number of hydrogen-bond donors (Lipinski definition) is 3. The third kappa shape index (κ3) is 2.97. The number of nitrogens with zero attached hydrogens (tertiary/aromatic N) is 1. The Morgan fingerprint density at radius 3 is 2.39 bits per heavy atom. The molecule has 2 aromatic heterocycles. The number of aromatic hydroxyl groups is 2. The van der Waals surface area contributed by atoms with E-state index < -0.39 is 0 Å². The lowest BCUT2D eigenvalue weighted by atomic mass is 10.1. The van der Waals surface area contributed by atoms with E-state index in [1.807, 2.05) is 44.3 Å². The summed E-state index contributed by atoms with van der Waals surface area (Å²) >= 11 is 0. The Bertz CT molecular complexity index is 908. The van der Waals surface area contributed by atoms with Crippen molar-refractivity contribution in [1.29, 1.82) is 0 Å². The van der Waals surface area contributed by atoms with E-state index in [4.69, 9.17) is 0 Å². The fourth-order valence-corrected chi connectivity index (χ4v) is 2.50. The average Bonchev–Trinajstić information content (AvgIpc) is 2.83. The fraction of sp³-hybridized carbons (Fsp3) is 0.105. The van der Waals surface area contributed by atoms with E-state index in [-0.39, 0.29) is 11.5 Å². The van der Waals surface area contributed by atoms with E-state index in [9.17, 15) is 10.2 Å². The Labute approximate surface area is 134 Å². The molecule has 23 heavy (non-hydrogen) atoms. The molecule has 0 saturated carbocycles. The SMILES string of the molecule is Cc1[nH]c2cc(O)c(O)cc2c1C.c1ccc2ncccc2c1. The first-order chi connectivity index (χ1) is 11.1. The highest BCUT2D eigenvalue weighted by Gasteiger charge is 2.07. The van der Waals surface area contributed by atoms with Crippen LogP contribution in [0.3, 0.4) is 0 Å². The zero-order valence-electron chi connectivity index (χ0n) is 13.0. The average molecular weight is 306 g/mol. The van der Waals surface area contributed by atoms with Crippen LogP contribution in [0.5, 0.6) is 11.5 Å². The van der Waals surface area contributed by atoms with Gasteiger partial charge in [-0.3, -0.25) is 4.98 Å². The number of aryl methyl sites for hydroxylation is 2. The van der Waals surface area contributed by atoms with Crippen LogP contribution in [0, 0.1) is 13.8 Å². The van der Waals surface area contributed by atoms with Crippen LogP contribution in [-0.2, 0) is 0 Å². The molecule has 4 aromatic rings. The summed E-state index contributed by atoms with van der Waals surface area (Å²) in [6, 6.07) is 15.2. The maximum absolute atomic E-state index is 9.29. The lowest BCUT2D eigenvalue weighted by Gasteiger charge is -1.97. The van der Waals surface area contributed by atoms with Crippen LogP contribution < -0.4 is 0 Å². The van der Waals surface area contributed by atoms with Gasteiger partial charge in [0, 0.05) is 34.2 Å². The molecule has 2 heterocycles. The van der Waals surface area contributed by atoms with Crippen molar-refractivity contribution in [2.75, 3.05) is 0 Å². The van der Waals surface area contributed by atoms with Gasteiger partial charge < -0.3 is 15.2 Å². The number of hydrogen-bond acceptors (Lipinski definition) is 3. The largest absolute Gasteiger partial charge is 0.504 e. The van der Waals surface area contributed by atoms with E-state index in [2.05, 4.69) is 22.1 Å². The molecule has 0 aliphatic heterocycles. The number of aromatic amines is 1. The molecule has 2 aromatic carbocycles. The van der Waals surface area contributed by atoms with Crippen molar-refractivity contribution in [1.82, 2.24) is 9.97 Å². The van der Waals surface area contributed by atoms with E-state index in [1.165, 1.54) is 11.5 Å². The maximum Gasteiger partial charge on any atom is 0.159 e. The highest BCUT2D eigenvalue weighted by Crippen LogP contribution is 2.32. The van der Waals surface area contributed by atoms with Gasteiger partial charge in [0.05, 0.1) is 5.52 Å². The zero-order valence-corrected chi connectivity index (χ0v) is 13.0. The molecule has 0 atom stereocenters. The monoisotopic (exact) mass is 306 g/mol. The quantitative estimate of drug-likeness (QED) is 0.421. The van der Waals surface area contributed by atoms with Gasteiger partial charge in [-0.05, 0) is 37.6 Å². The van der Waals surface area contributed by atoms with Crippen LogP contribution in [0.15, 0.2) is 54.7 Å². The van der Waals surface area contributed by atoms with E-state index >= 15 is 0 Å². The summed E-state index contributed by atoms with van der Waals surface area (Å²) in [5, 5.41) is 20.7. The number of phenolic OH excluding ortho intramolecular Hbond substituents is 2. The van der Waals surface area contributed by atoms with Gasteiger partial charge in [0.2, 0.25) is 0 Å². The number of fused-ring (bicyclic) bond motifs is 2. The highest BCUT2D eigenvalue weighted by atomic mass is 16.3. The predicted octanol–water partition coefficient (Wildman–Crippen LogP) is 4.43. The first kappa shape index (κ1) is 14.9. The number of rotatable bonds is 0. The standard InChI is InChI=1S/C10H11NO2.C9H7N/c1-5-6(2)11-8-4-10(13)9(12)3-7(5)8;1-2-6-9-8(4-1)5-3-7-10-9/h3-4,11-13H,1-2H3;1-7H. The molecular weight excluding hydrogens is 288 g/mol. The molecule has 0 saturated heterocycles. The normalized spacial score (nSPS) is 10.5. The second-order valence-corrected chi connectivity index (χ2v) is 5.46. The minimum Gasteiger partial charge on any atom is -0.504 e. The van der Waals surface area contributed by atoms with Gasteiger partial charge in [-0.15, -0.1) is 0 Å². The molecule has 116 valence electrons. The molecule has 0 unspecified atom stereocenters. The van der Waals surface area contributed by atoms with Crippen LogP contribution in [-0.4, -0.2) is 20.2 Å². The first-order valence-electron chi connectivity index (χ1n) is 7.37. The number of para-hydroxylation sites is 1. The number of pyridine rings is 1. The maximum atomic E-state index is 9.29. The van der Waals surface area contributed by atoms with Crippen LogP contribution in [0.4, 0.5) is 0 Å². The molecule has 0 radical (unpaired) electrons. The van der Waals surface area contributed by atoms with Gasteiger partial charge >= 0.3 is 0 Å². The Morgan fingerprint density at radius 2 is 1.61 bits per heavy atom. The number of nitrogens with one attached hydrogen (secondary N) is 1. The van der Waals surface area contributed by atoms with E-state index in [1.54, 1.807) is 6.07 Å². The third-order valence-electron chi connectivity index (χ3n) is 3.92. The predicted molar refractivity (Wildman–Crippen MR) is 92.8 cm³/mol. The Kier molecular flexibility index (Phi) is 3.89. The van der Waals surface area contributed by atoms with Crippen LogP contribution in [0.2, 0.25) is 0 Å². The lowest BCUT2D eigenvalue weighted by molar-refractivity contribution is 0.405. The third-order valence-corrected chi connectivity index (χ3v) is 3.92. The highest BCUT2D eigenvalue weighted by molar-refractivity contribution is 5.87. The lowest BCUT2D eigenvalue weighted by Crippen LogP contribution is -1.73. The Hall–Kier alpha value is -3.01. The molecule has 0 bridgehead atoms.